The zero-order valence-corrected chi connectivity index (χ0v) is 5.02. The monoisotopic (exact) mass is 110 g/mol. The lowest BCUT2D eigenvalue weighted by atomic mass is 10.1. The fraction of sp³-hybridized carbons (Fsp3) is 0.429. The van der Waals surface area contributed by atoms with Crippen LogP contribution >= 0.6 is 0 Å². The molecule has 0 aromatic carbocycles. The van der Waals surface area contributed by atoms with E-state index in [0.717, 1.165) is 18.4 Å². The fourth-order valence-corrected chi connectivity index (χ4v) is 0.765. The van der Waals surface area contributed by atoms with Crippen molar-refractivity contribution in [2.45, 2.75) is 19.8 Å². The van der Waals surface area contributed by atoms with E-state index < -0.39 is 0 Å². The second kappa shape index (κ2) is 2.03. The lowest BCUT2D eigenvalue weighted by Gasteiger charge is -2.04. The van der Waals surface area contributed by atoms with Gasteiger partial charge in [-0.05, 0) is 31.4 Å². The molecule has 0 atom stereocenters. The van der Waals surface area contributed by atoms with E-state index in [-0.39, 0.29) is 0 Å². The van der Waals surface area contributed by atoms with E-state index in [0.29, 0.717) is 5.76 Å². The van der Waals surface area contributed by atoms with Crippen molar-refractivity contribution in [1.29, 1.82) is 0 Å². The third-order valence-electron chi connectivity index (χ3n) is 1.40. The molecule has 0 aromatic heterocycles. The van der Waals surface area contributed by atoms with Gasteiger partial charge in [0, 0.05) is 0 Å². The van der Waals surface area contributed by atoms with Gasteiger partial charge in [-0.15, -0.1) is 0 Å². The molecule has 0 amide bonds. The number of rotatable bonds is 0. The number of aliphatic hydroxyl groups is 1. The van der Waals surface area contributed by atoms with Gasteiger partial charge in [-0.1, -0.05) is 6.08 Å². The van der Waals surface area contributed by atoms with Crippen molar-refractivity contribution < 1.29 is 5.11 Å². The molecule has 0 saturated carbocycles. The van der Waals surface area contributed by atoms with Crippen LogP contribution < -0.4 is 0 Å². The molecule has 0 saturated heterocycles. The lowest BCUT2D eigenvalue weighted by Crippen LogP contribution is -1.88. The van der Waals surface area contributed by atoms with Crippen LogP contribution in [0.1, 0.15) is 19.8 Å². The van der Waals surface area contributed by atoms with Crippen LogP contribution in [0, 0.1) is 0 Å². The molecule has 0 heterocycles. The SMILES string of the molecule is CC1=C(O)C=CCC1. The first-order valence-electron chi connectivity index (χ1n) is 2.86. The Balaban J connectivity index is 2.76. The molecule has 1 aliphatic rings. The Hall–Kier alpha value is -0.720. The molecule has 0 bridgehead atoms. The van der Waals surface area contributed by atoms with Crippen LogP contribution in [-0.2, 0) is 0 Å². The van der Waals surface area contributed by atoms with E-state index in [1.54, 1.807) is 6.08 Å². The maximum absolute atomic E-state index is 8.97. The minimum absolute atomic E-state index is 0.455. The predicted octanol–water partition coefficient (Wildman–Crippen LogP) is 2.17. The third-order valence-corrected chi connectivity index (χ3v) is 1.40. The molecular weight excluding hydrogens is 100 g/mol. The van der Waals surface area contributed by atoms with Gasteiger partial charge < -0.3 is 5.11 Å². The molecule has 1 heteroatoms. The Morgan fingerprint density at radius 2 is 2.38 bits per heavy atom. The highest BCUT2D eigenvalue weighted by atomic mass is 16.3. The Morgan fingerprint density at radius 1 is 1.62 bits per heavy atom. The van der Waals surface area contributed by atoms with Crippen molar-refractivity contribution in [3.8, 4) is 0 Å². The molecule has 0 aromatic rings. The van der Waals surface area contributed by atoms with Gasteiger partial charge in [0.1, 0.15) is 5.76 Å². The van der Waals surface area contributed by atoms with E-state index in [1.165, 1.54) is 0 Å². The maximum atomic E-state index is 8.97. The molecule has 1 N–H and O–H groups in total. The largest absolute Gasteiger partial charge is 0.508 e. The van der Waals surface area contributed by atoms with Crippen LogP contribution in [0.5, 0.6) is 0 Å². The van der Waals surface area contributed by atoms with E-state index in [2.05, 4.69) is 0 Å². The Kier molecular flexibility index (Phi) is 1.38. The van der Waals surface area contributed by atoms with Crippen molar-refractivity contribution in [3.63, 3.8) is 0 Å². The number of hydrogen-bond donors (Lipinski definition) is 1. The summed E-state index contributed by atoms with van der Waals surface area (Å²) < 4.78 is 0. The summed E-state index contributed by atoms with van der Waals surface area (Å²) in [6, 6.07) is 0. The highest BCUT2D eigenvalue weighted by molar-refractivity contribution is 5.21. The molecule has 1 rings (SSSR count). The van der Waals surface area contributed by atoms with Gasteiger partial charge in [0.05, 0.1) is 0 Å². The Bertz CT molecular complexity index is 142. The topological polar surface area (TPSA) is 20.2 Å². The Morgan fingerprint density at radius 3 is 2.75 bits per heavy atom. The predicted molar refractivity (Wildman–Crippen MR) is 33.7 cm³/mol. The molecule has 1 aliphatic carbocycles. The van der Waals surface area contributed by atoms with Crippen molar-refractivity contribution in [1.82, 2.24) is 0 Å². The number of hydrogen-bond acceptors (Lipinski definition) is 1. The minimum atomic E-state index is 0.455. The van der Waals surface area contributed by atoms with Crippen molar-refractivity contribution in [2.24, 2.45) is 0 Å². The summed E-state index contributed by atoms with van der Waals surface area (Å²) in [7, 11) is 0. The highest BCUT2D eigenvalue weighted by Crippen LogP contribution is 2.14. The molecule has 8 heavy (non-hydrogen) atoms. The van der Waals surface area contributed by atoms with Gasteiger partial charge in [0.2, 0.25) is 0 Å². The van der Waals surface area contributed by atoms with E-state index in [4.69, 9.17) is 5.11 Å². The summed E-state index contributed by atoms with van der Waals surface area (Å²) in [4.78, 5) is 0. The normalized spacial score (nSPS) is 19.6. The first kappa shape index (κ1) is 5.42. The van der Waals surface area contributed by atoms with Gasteiger partial charge in [-0.25, -0.2) is 0 Å². The zero-order valence-electron chi connectivity index (χ0n) is 5.02. The fourth-order valence-electron chi connectivity index (χ4n) is 0.765. The van der Waals surface area contributed by atoms with E-state index in [1.807, 2.05) is 13.0 Å². The van der Waals surface area contributed by atoms with Crippen LogP contribution in [0.25, 0.3) is 0 Å². The first-order chi connectivity index (χ1) is 3.80. The first-order valence-corrected chi connectivity index (χ1v) is 2.86. The standard InChI is InChI=1S/C7H10O/c1-6-4-2-3-5-7(6)8/h3,5,8H,2,4H2,1H3. The third kappa shape index (κ3) is 0.915. The zero-order chi connectivity index (χ0) is 5.98. The van der Waals surface area contributed by atoms with Gasteiger partial charge in [0.15, 0.2) is 0 Å². The van der Waals surface area contributed by atoms with E-state index in [9.17, 15) is 0 Å². The molecule has 0 spiro atoms. The molecule has 0 unspecified atom stereocenters. The van der Waals surface area contributed by atoms with Gasteiger partial charge in [-0.3, -0.25) is 0 Å². The molecule has 0 radical (unpaired) electrons. The van der Waals surface area contributed by atoms with Crippen LogP contribution in [0.15, 0.2) is 23.5 Å². The number of allylic oxidation sites excluding steroid dienone is 3. The van der Waals surface area contributed by atoms with Crippen LogP contribution in [-0.4, -0.2) is 5.11 Å². The van der Waals surface area contributed by atoms with Crippen molar-refractivity contribution in [3.05, 3.63) is 23.5 Å². The summed E-state index contributed by atoms with van der Waals surface area (Å²) in [5.74, 6) is 0.455. The summed E-state index contributed by atoms with van der Waals surface area (Å²) in [6.07, 6.45) is 5.85. The molecule has 0 fully saturated rings. The molecular formula is C7H10O. The molecule has 44 valence electrons. The summed E-state index contributed by atoms with van der Waals surface area (Å²) in [6.45, 7) is 1.96. The summed E-state index contributed by atoms with van der Waals surface area (Å²) in [5.41, 5.74) is 1.10. The minimum Gasteiger partial charge on any atom is -0.508 e. The van der Waals surface area contributed by atoms with Gasteiger partial charge in [0.25, 0.3) is 0 Å². The van der Waals surface area contributed by atoms with Gasteiger partial charge >= 0.3 is 0 Å². The second-order valence-corrected chi connectivity index (χ2v) is 2.11. The summed E-state index contributed by atoms with van der Waals surface area (Å²) in [5, 5.41) is 8.97. The molecule has 1 nitrogen and oxygen atoms in total. The Labute approximate surface area is 49.3 Å². The quantitative estimate of drug-likeness (QED) is 0.506. The highest BCUT2D eigenvalue weighted by Gasteiger charge is 1.99. The average molecular weight is 110 g/mol. The second-order valence-electron chi connectivity index (χ2n) is 2.11. The summed E-state index contributed by atoms with van der Waals surface area (Å²) >= 11 is 0. The van der Waals surface area contributed by atoms with E-state index >= 15 is 0 Å². The van der Waals surface area contributed by atoms with Gasteiger partial charge in [-0.2, -0.15) is 0 Å². The van der Waals surface area contributed by atoms with Crippen molar-refractivity contribution >= 4 is 0 Å². The van der Waals surface area contributed by atoms with Crippen LogP contribution in [0.3, 0.4) is 0 Å². The van der Waals surface area contributed by atoms with Crippen LogP contribution in [0.4, 0.5) is 0 Å². The smallest absolute Gasteiger partial charge is 0.114 e. The lowest BCUT2D eigenvalue weighted by molar-refractivity contribution is 0.419. The average Bonchev–Trinajstić information content (AvgIpc) is 1.77. The van der Waals surface area contributed by atoms with Crippen LogP contribution in [0.2, 0.25) is 0 Å². The maximum Gasteiger partial charge on any atom is 0.114 e. The van der Waals surface area contributed by atoms with Crippen molar-refractivity contribution in [2.75, 3.05) is 0 Å². The molecule has 0 aliphatic heterocycles. The number of aliphatic hydroxyl groups excluding tert-OH is 1.